The second-order valence-electron chi connectivity index (χ2n) is 3.53. The molecule has 1 heterocycles. The average Bonchev–Trinajstić information content (AvgIpc) is 2.34. The summed E-state index contributed by atoms with van der Waals surface area (Å²) in [5, 5.41) is 5.43. The van der Waals surface area contributed by atoms with E-state index in [1.54, 1.807) is 18.6 Å². The molecule has 16 heavy (non-hydrogen) atoms. The average molecular weight is 219 g/mol. The molecule has 4 nitrogen and oxygen atoms in total. The second-order valence-corrected chi connectivity index (χ2v) is 3.53. The van der Waals surface area contributed by atoms with Crippen LogP contribution in [-0.2, 0) is 6.54 Å². The number of urea groups is 1. The van der Waals surface area contributed by atoms with Crippen molar-refractivity contribution >= 4 is 6.03 Å². The highest BCUT2D eigenvalue weighted by Crippen LogP contribution is 1.96. The number of aromatic nitrogens is 1. The number of pyridine rings is 1. The third kappa shape index (κ3) is 4.59. The predicted octanol–water partition coefficient (Wildman–Crippen LogP) is 2.19. The van der Waals surface area contributed by atoms with Crippen molar-refractivity contribution in [1.29, 1.82) is 0 Å². The molecule has 0 radical (unpaired) electrons. The fourth-order valence-corrected chi connectivity index (χ4v) is 1.02. The summed E-state index contributed by atoms with van der Waals surface area (Å²) in [5.41, 5.74) is 2.17. The number of hydrogen-bond donors (Lipinski definition) is 2. The van der Waals surface area contributed by atoms with E-state index in [9.17, 15) is 4.79 Å². The number of amides is 2. The van der Waals surface area contributed by atoms with Gasteiger partial charge in [-0.05, 0) is 31.0 Å². The van der Waals surface area contributed by atoms with E-state index in [-0.39, 0.29) is 6.03 Å². The summed E-state index contributed by atoms with van der Waals surface area (Å²) in [6.07, 6.45) is 6.07. The fourth-order valence-electron chi connectivity index (χ4n) is 1.02. The van der Waals surface area contributed by atoms with E-state index in [0.717, 1.165) is 17.6 Å². The van der Waals surface area contributed by atoms with Crippen molar-refractivity contribution in [2.24, 2.45) is 0 Å². The summed E-state index contributed by atoms with van der Waals surface area (Å²) in [6, 6.07) is 3.55. The highest BCUT2D eigenvalue weighted by atomic mass is 16.2. The normalized spacial score (nSPS) is 11.0. The quantitative estimate of drug-likeness (QED) is 0.815. The van der Waals surface area contributed by atoms with Gasteiger partial charge in [0.1, 0.15) is 0 Å². The lowest BCUT2D eigenvalue weighted by molar-refractivity contribution is 0.243. The Kier molecular flexibility index (Phi) is 5.05. The van der Waals surface area contributed by atoms with E-state index in [1.165, 1.54) is 0 Å². The van der Waals surface area contributed by atoms with Crippen LogP contribution in [0.2, 0.25) is 0 Å². The van der Waals surface area contributed by atoms with Crippen LogP contribution in [0.4, 0.5) is 4.79 Å². The molecule has 1 aromatic heterocycles. The number of nitrogens with one attached hydrogen (secondary N) is 2. The van der Waals surface area contributed by atoms with Crippen molar-refractivity contribution in [2.75, 3.05) is 0 Å². The third-order valence-electron chi connectivity index (χ3n) is 2.21. The van der Waals surface area contributed by atoms with Crippen LogP contribution in [0.25, 0.3) is 0 Å². The van der Waals surface area contributed by atoms with Crippen LogP contribution in [0.5, 0.6) is 0 Å². The van der Waals surface area contributed by atoms with Crippen molar-refractivity contribution < 1.29 is 4.79 Å². The predicted molar refractivity (Wildman–Crippen MR) is 63.7 cm³/mol. The molecule has 0 bridgehead atoms. The molecule has 0 aromatic carbocycles. The minimum absolute atomic E-state index is 0.190. The zero-order valence-electron chi connectivity index (χ0n) is 9.66. The Morgan fingerprint density at radius 3 is 2.75 bits per heavy atom. The molecule has 2 N–H and O–H groups in total. The fraction of sp³-hybridized carbons (Fsp3) is 0.333. The number of carbonyl (C=O) groups excluding carboxylic acids is 1. The third-order valence-corrected chi connectivity index (χ3v) is 2.21. The maximum atomic E-state index is 11.4. The van der Waals surface area contributed by atoms with Gasteiger partial charge in [0.15, 0.2) is 0 Å². The van der Waals surface area contributed by atoms with Crippen LogP contribution in [0.15, 0.2) is 36.3 Å². The zero-order valence-corrected chi connectivity index (χ0v) is 9.66. The molecule has 0 spiro atoms. The molecular weight excluding hydrogens is 202 g/mol. The monoisotopic (exact) mass is 219 g/mol. The molecule has 0 unspecified atom stereocenters. The molecular formula is C12H17N3O. The molecule has 0 saturated heterocycles. The Morgan fingerprint density at radius 1 is 1.44 bits per heavy atom. The topological polar surface area (TPSA) is 54.0 Å². The SMILES string of the molecule is CC/C(C)=C/NC(=O)NCc1ccncc1. The number of carbonyl (C=O) groups is 1. The Hall–Kier alpha value is -1.84. The summed E-state index contributed by atoms with van der Waals surface area (Å²) >= 11 is 0. The number of nitrogens with zero attached hydrogens (tertiary/aromatic N) is 1. The highest BCUT2D eigenvalue weighted by molar-refractivity contribution is 5.74. The molecule has 0 aliphatic heterocycles. The number of hydrogen-bond acceptors (Lipinski definition) is 2. The Morgan fingerprint density at radius 2 is 2.12 bits per heavy atom. The molecule has 0 saturated carbocycles. The van der Waals surface area contributed by atoms with Crippen molar-refractivity contribution in [1.82, 2.24) is 15.6 Å². The van der Waals surface area contributed by atoms with Crippen LogP contribution in [0, 0.1) is 0 Å². The summed E-state index contributed by atoms with van der Waals surface area (Å²) < 4.78 is 0. The highest BCUT2D eigenvalue weighted by Gasteiger charge is 1.97. The van der Waals surface area contributed by atoms with Gasteiger partial charge in [-0.1, -0.05) is 12.5 Å². The molecule has 86 valence electrons. The van der Waals surface area contributed by atoms with Gasteiger partial charge < -0.3 is 10.6 Å². The van der Waals surface area contributed by atoms with Gasteiger partial charge in [0.25, 0.3) is 0 Å². The van der Waals surface area contributed by atoms with Gasteiger partial charge in [-0.15, -0.1) is 0 Å². The zero-order chi connectivity index (χ0) is 11.8. The summed E-state index contributed by atoms with van der Waals surface area (Å²) in [4.78, 5) is 15.3. The van der Waals surface area contributed by atoms with E-state index in [1.807, 2.05) is 26.0 Å². The minimum atomic E-state index is -0.190. The first-order valence-corrected chi connectivity index (χ1v) is 5.31. The van der Waals surface area contributed by atoms with Crippen LogP contribution in [0.3, 0.4) is 0 Å². The molecule has 0 aliphatic carbocycles. The standard InChI is InChI=1S/C12H17N3O/c1-3-10(2)8-14-12(16)15-9-11-4-6-13-7-5-11/h4-8H,3,9H2,1-2H3,(H2,14,15,16)/b10-8+. The van der Waals surface area contributed by atoms with Crippen molar-refractivity contribution in [3.05, 3.63) is 41.9 Å². The van der Waals surface area contributed by atoms with Gasteiger partial charge in [0, 0.05) is 25.1 Å². The van der Waals surface area contributed by atoms with Crippen LogP contribution in [-0.4, -0.2) is 11.0 Å². The number of allylic oxidation sites excluding steroid dienone is 1. The van der Waals surface area contributed by atoms with E-state index in [0.29, 0.717) is 6.54 Å². The van der Waals surface area contributed by atoms with Crippen LogP contribution >= 0.6 is 0 Å². The molecule has 4 heteroatoms. The maximum Gasteiger partial charge on any atom is 0.319 e. The molecule has 0 atom stereocenters. The van der Waals surface area contributed by atoms with Gasteiger partial charge >= 0.3 is 6.03 Å². The van der Waals surface area contributed by atoms with E-state index in [2.05, 4.69) is 15.6 Å². The number of rotatable bonds is 4. The van der Waals surface area contributed by atoms with Crippen LogP contribution in [0.1, 0.15) is 25.8 Å². The second kappa shape index (κ2) is 6.61. The lowest BCUT2D eigenvalue weighted by Gasteiger charge is -2.05. The van der Waals surface area contributed by atoms with Gasteiger partial charge in [-0.25, -0.2) is 4.79 Å². The summed E-state index contributed by atoms with van der Waals surface area (Å²) in [5.74, 6) is 0. The first-order chi connectivity index (χ1) is 7.72. The van der Waals surface area contributed by atoms with E-state index < -0.39 is 0 Å². The molecule has 0 fully saturated rings. The summed E-state index contributed by atoms with van der Waals surface area (Å²) in [7, 11) is 0. The largest absolute Gasteiger partial charge is 0.334 e. The van der Waals surface area contributed by atoms with Gasteiger partial charge in [-0.3, -0.25) is 4.98 Å². The summed E-state index contributed by atoms with van der Waals surface area (Å²) in [6.45, 7) is 4.53. The lowest BCUT2D eigenvalue weighted by atomic mass is 10.2. The van der Waals surface area contributed by atoms with Crippen molar-refractivity contribution in [2.45, 2.75) is 26.8 Å². The van der Waals surface area contributed by atoms with E-state index >= 15 is 0 Å². The van der Waals surface area contributed by atoms with Gasteiger partial charge in [0.05, 0.1) is 0 Å². The lowest BCUT2D eigenvalue weighted by Crippen LogP contribution is -2.31. The van der Waals surface area contributed by atoms with Gasteiger partial charge in [0.2, 0.25) is 0 Å². The van der Waals surface area contributed by atoms with Crippen molar-refractivity contribution in [3.8, 4) is 0 Å². The molecule has 1 rings (SSSR count). The molecule has 0 aliphatic rings. The molecule has 1 aromatic rings. The Bertz CT molecular complexity index is 360. The Balaban J connectivity index is 2.31. The first-order valence-electron chi connectivity index (χ1n) is 5.31. The van der Waals surface area contributed by atoms with E-state index in [4.69, 9.17) is 0 Å². The van der Waals surface area contributed by atoms with Crippen LogP contribution < -0.4 is 10.6 Å². The van der Waals surface area contributed by atoms with Crippen molar-refractivity contribution in [3.63, 3.8) is 0 Å². The first kappa shape index (κ1) is 12.2. The smallest absolute Gasteiger partial charge is 0.319 e. The van der Waals surface area contributed by atoms with Gasteiger partial charge in [-0.2, -0.15) is 0 Å². The molecule has 2 amide bonds. The maximum absolute atomic E-state index is 11.4. The Labute approximate surface area is 95.8 Å². The minimum Gasteiger partial charge on any atom is -0.334 e.